The maximum atomic E-state index is 11.2. The van der Waals surface area contributed by atoms with Crippen molar-refractivity contribution in [2.24, 2.45) is 5.92 Å². The Morgan fingerprint density at radius 2 is 2.14 bits per heavy atom. The summed E-state index contributed by atoms with van der Waals surface area (Å²) in [4.78, 5) is 13.4. The molecular weight excluding hydrogens is 198 g/mol. The van der Waals surface area contributed by atoms with Crippen molar-refractivity contribution in [3.63, 3.8) is 0 Å². The fraction of sp³-hybridized carbons (Fsp3) is 0.900. The number of nitrogens with zero attached hydrogens (tertiary/aromatic N) is 1. The van der Waals surface area contributed by atoms with Gasteiger partial charge in [0.05, 0.1) is 0 Å². The fourth-order valence-corrected chi connectivity index (χ4v) is 3.77. The van der Waals surface area contributed by atoms with Gasteiger partial charge in [0.15, 0.2) is 0 Å². The van der Waals surface area contributed by atoms with E-state index in [2.05, 4.69) is 4.90 Å². The first-order chi connectivity index (χ1) is 6.79. The average molecular weight is 215 g/mol. The molecule has 2 heterocycles. The predicted octanol–water partition coefficient (Wildman–Crippen LogP) is 1.29. The molecule has 0 radical (unpaired) electrons. The molecule has 2 rings (SSSR count). The van der Waals surface area contributed by atoms with Gasteiger partial charge in [-0.25, -0.2) is 0 Å². The highest BCUT2D eigenvalue weighted by Gasteiger charge is 2.36. The Morgan fingerprint density at radius 3 is 2.64 bits per heavy atom. The third-order valence-electron chi connectivity index (χ3n) is 3.20. The third-order valence-corrected chi connectivity index (χ3v) is 4.39. The number of carbonyl (C=O) groups is 1. The summed E-state index contributed by atoms with van der Waals surface area (Å²) in [7, 11) is 0. The van der Waals surface area contributed by atoms with Gasteiger partial charge in [-0.3, -0.25) is 9.69 Å². The van der Waals surface area contributed by atoms with Crippen LogP contribution in [0.15, 0.2) is 0 Å². The number of thioether (sulfide) groups is 1. The quantitative estimate of drug-likeness (QED) is 0.770. The Kier molecular flexibility index (Phi) is 3.34. The molecular formula is C10H17NO2S. The van der Waals surface area contributed by atoms with Crippen molar-refractivity contribution in [2.75, 3.05) is 24.6 Å². The van der Waals surface area contributed by atoms with Crippen molar-refractivity contribution in [3.8, 4) is 0 Å². The van der Waals surface area contributed by atoms with Gasteiger partial charge in [-0.05, 0) is 49.8 Å². The predicted molar refractivity (Wildman–Crippen MR) is 57.7 cm³/mol. The van der Waals surface area contributed by atoms with E-state index in [-0.39, 0.29) is 6.04 Å². The Bertz CT molecular complexity index is 194. The SMILES string of the molecule is O=C(O)C(C1CCSC1)N1CCCC1. The van der Waals surface area contributed by atoms with E-state index in [9.17, 15) is 9.90 Å². The Morgan fingerprint density at radius 1 is 1.43 bits per heavy atom. The van der Waals surface area contributed by atoms with E-state index in [1.54, 1.807) is 0 Å². The van der Waals surface area contributed by atoms with E-state index in [0.29, 0.717) is 5.92 Å². The molecule has 0 bridgehead atoms. The summed E-state index contributed by atoms with van der Waals surface area (Å²) in [5, 5.41) is 9.24. The van der Waals surface area contributed by atoms with Crippen LogP contribution in [0, 0.1) is 5.92 Å². The summed E-state index contributed by atoms with van der Waals surface area (Å²) in [5.74, 6) is 1.95. The summed E-state index contributed by atoms with van der Waals surface area (Å²) in [6.45, 7) is 1.97. The Balaban J connectivity index is 2.02. The number of hydrogen-bond acceptors (Lipinski definition) is 3. The highest BCUT2D eigenvalue weighted by molar-refractivity contribution is 7.99. The van der Waals surface area contributed by atoms with E-state index in [1.807, 2.05) is 11.8 Å². The smallest absolute Gasteiger partial charge is 0.321 e. The molecule has 2 aliphatic rings. The largest absolute Gasteiger partial charge is 0.480 e. The maximum Gasteiger partial charge on any atom is 0.321 e. The van der Waals surface area contributed by atoms with Crippen molar-refractivity contribution in [1.82, 2.24) is 4.90 Å². The van der Waals surface area contributed by atoms with Gasteiger partial charge < -0.3 is 5.11 Å². The van der Waals surface area contributed by atoms with E-state index >= 15 is 0 Å². The summed E-state index contributed by atoms with van der Waals surface area (Å²) in [6.07, 6.45) is 3.42. The van der Waals surface area contributed by atoms with Crippen molar-refractivity contribution >= 4 is 17.7 Å². The van der Waals surface area contributed by atoms with Crippen LogP contribution in [0.1, 0.15) is 19.3 Å². The second-order valence-electron chi connectivity index (χ2n) is 4.15. The van der Waals surface area contributed by atoms with Gasteiger partial charge in [0.1, 0.15) is 6.04 Å². The average Bonchev–Trinajstić information content (AvgIpc) is 2.75. The maximum absolute atomic E-state index is 11.2. The summed E-state index contributed by atoms with van der Waals surface area (Å²) < 4.78 is 0. The van der Waals surface area contributed by atoms with Crippen LogP contribution >= 0.6 is 11.8 Å². The molecule has 80 valence electrons. The van der Waals surface area contributed by atoms with Crippen LogP contribution in [-0.4, -0.2) is 46.6 Å². The lowest BCUT2D eigenvalue weighted by Crippen LogP contribution is -2.44. The molecule has 0 aromatic rings. The molecule has 0 aromatic heterocycles. The monoisotopic (exact) mass is 215 g/mol. The number of rotatable bonds is 3. The van der Waals surface area contributed by atoms with Crippen LogP contribution in [-0.2, 0) is 4.79 Å². The molecule has 1 N–H and O–H groups in total. The first-order valence-corrected chi connectivity index (χ1v) is 6.49. The van der Waals surface area contributed by atoms with Gasteiger partial charge in [0.2, 0.25) is 0 Å². The van der Waals surface area contributed by atoms with Crippen LogP contribution in [0.4, 0.5) is 0 Å². The molecule has 0 spiro atoms. The summed E-state index contributed by atoms with van der Waals surface area (Å²) in [6, 6.07) is -0.201. The molecule has 3 nitrogen and oxygen atoms in total. The molecule has 2 aliphatic heterocycles. The zero-order valence-electron chi connectivity index (χ0n) is 8.32. The summed E-state index contributed by atoms with van der Waals surface area (Å²) in [5.41, 5.74) is 0. The third kappa shape index (κ3) is 2.06. The van der Waals surface area contributed by atoms with Crippen molar-refractivity contribution in [2.45, 2.75) is 25.3 Å². The second-order valence-corrected chi connectivity index (χ2v) is 5.30. The zero-order valence-corrected chi connectivity index (χ0v) is 9.13. The molecule has 2 unspecified atom stereocenters. The highest BCUT2D eigenvalue weighted by Crippen LogP contribution is 2.30. The van der Waals surface area contributed by atoms with Crippen LogP contribution in [0.25, 0.3) is 0 Å². The number of carboxylic acid groups (broad SMARTS) is 1. The van der Waals surface area contributed by atoms with E-state index in [4.69, 9.17) is 0 Å². The van der Waals surface area contributed by atoms with Gasteiger partial charge in [0, 0.05) is 0 Å². The highest BCUT2D eigenvalue weighted by atomic mass is 32.2. The van der Waals surface area contributed by atoms with Crippen LogP contribution in [0.2, 0.25) is 0 Å². The Labute approximate surface area is 88.9 Å². The minimum absolute atomic E-state index is 0.201. The van der Waals surface area contributed by atoms with Gasteiger partial charge in [0.25, 0.3) is 0 Å². The lowest BCUT2D eigenvalue weighted by atomic mass is 9.98. The van der Waals surface area contributed by atoms with Crippen LogP contribution in [0.5, 0.6) is 0 Å². The van der Waals surface area contributed by atoms with Gasteiger partial charge in [-0.15, -0.1) is 0 Å². The van der Waals surface area contributed by atoms with Crippen molar-refractivity contribution < 1.29 is 9.90 Å². The first kappa shape index (κ1) is 10.3. The topological polar surface area (TPSA) is 40.5 Å². The van der Waals surface area contributed by atoms with Gasteiger partial charge >= 0.3 is 5.97 Å². The van der Waals surface area contributed by atoms with E-state index in [0.717, 1.165) is 31.0 Å². The minimum atomic E-state index is -0.612. The zero-order chi connectivity index (χ0) is 9.97. The molecule has 0 saturated carbocycles. The van der Waals surface area contributed by atoms with Gasteiger partial charge in [-0.1, -0.05) is 0 Å². The summed E-state index contributed by atoms with van der Waals surface area (Å²) >= 11 is 1.90. The molecule has 2 saturated heterocycles. The van der Waals surface area contributed by atoms with Crippen LogP contribution < -0.4 is 0 Å². The second kappa shape index (κ2) is 4.53. The minimum Gasteiger partial charge on any atom is -0.480 e. The van der Waals surface area contributed by atoms with Crippen LogP contribution in [0.3, 0.4) is 0 Å². The van der Waals surface area contributed by atoms with E-state index < -0.39 is 5.97 Å². The number of carboxylic acids is 1. The van der Waals surface area contributed by atoms with Gasteiger partial charge in [-0.2, -0.15) is 11.8 Å². The molecule has 2 fully saturated rings. The number of aliphatic carboxylic acids is 1. The lowest BCUT2D eigenvalue weighted by molar-refractivity contribution is -0.144. The molecule has 2 atom stereocenters. The molecule has 4 heteroatoms. The van der Waals surface area contributed by atoms with Crippen molar-refractivity contribution in [3.05, 3.63) is 0 Å². The normalized spacial score (nSPS) is 30.7. The molecule has 0 aliphatic carbocycles. The van der Waals surface area contributed by atoms with Crippen molar-refractivity contribution in [1.29, 1.82) is 0 Å². The fourth-order valence-electron chi connectivity index (χ4n) is 2.48. The molecule has 14 heavy (non-hydrogen) atoms. The lowest BCUT2D eigenvalue weighted by Gasteiger charge is -2.28. The first-order valence-electron chi connectivity index (χ1n) is 5.33. The molecule has 0 aromatic carbocycles. The number of likely N-dealkylation sites (tertiary alicyclic amines) is 1. The number of hydrogen-bond donors (Lipinski definition) is 1. The Hall–Kier alpha value is -0.220. The molecule has 0 amide bonds. The van der Waals surface area contributed by atoms with E-state index in [1.165, 1.54) is 12.8 Å². The standard InChI is InChI=1S/C10H17NO2S/c12-10(13)9(8-3-6-14-7-8)11-4-1-2-5-11/h8-9H,1-7H2,(H,12,13).